The topological polar surface area (TPSA) is 142 Å². The number of anilines is 1. The summed E-state index contributed by atoms with van der Waals surface area (Å²) in [5, 5.41) is 23.8. The van der Waals surface area contributed by atoms with Crippen LogP contribution in [0, 0.1) is 11.3 Å². The van der Waals surface area contributed by atoms with Gasteiger partial charge in [-0.25, -0.2) is 9.78 Å². The van der Waals surface area contributed by atoms with E-state index in [4.69, 9.17) is 20.1 Å². The fraction of sp³-hybridized carbons (Fsp3) is 0.222. The molecule has 0 spiro atoms. The quantitative estimate of drug-likeness (QED) is 0.562. The highest BCUT2D eigenvalue weighted by atomic mass is 19.4. The van der Waals surface area contributed by atoms with Gasteiger partial charge < -0.3 is 15.3 Å². The number of fused-ring (bicyclic) bond motifs is 3. The molecule has 0 saturated heterocycles. The van der Waals surface area contributed by atoms with Crippen molar-refractivity contribution in [2.24, 2.45) is 0 Å². The van der Waals surface area contributed by atoms with Crippen molar-refractivity contribution in [2.75, 3.05) is 5.73 Å². The summed E-state index contributed by atoms with van der Waals surface area (Å²) < 4.78 is 37.3. The number of carboxylic acid groups (broad SMARTS) is 1. The summed E-state index contributed by atoms with van der Waals surface area (Å²) >= 11 is 0. The first-order valence-corrected chi connectivity index (χ1v) is 8.25. The molecule has 1 aliphatic carbocycles. The van der Waals surface area contributed by atoms with Crippen LogP contribution in [0.1, 0.15) is 29.7 Å². The third-order valence-electron chi connectivity index (χ3n) is 4.36. The number of alkyl halides is 3. The van der Waals surface area contributed by atoms with Gasteiger partial charge in [0.1, 0.15) is 23.2 Å². The Morgan fingerprint density at radius 2 is 2.17 bits per heavy atom. The molecule has 150 valence electrons. The second-order valence-corrected chi connectivity index (χ2v) is 6.27. The number of nitriles is 1. The zero-order chi connectivity index (χ0) is 21.3. The molecule has 1 aliphatic rings. The number of pyridine rings is 1. The van der Waals surface area contributed by atoms with Gasteiger partial charge >= 0.3 is 12.1 Å². The normalized spacial score (nSPS) is 14.8. The molecule has 0 amide bonds. The largest absolute Gasteiger partial charge is 0.490 e. The molecular formula is C18H14F3N5O3. The second-order valence-electron chi connectivity index (χ2n) is 6.27. The van der Waals surface area contributed by atoms with Crippen molar-refractivity contribution < 1.29 is 27.5 Å². The lowest BCUT2D eigenvalue weighted by molar-refractivity contribution is -0.192. The van der Waals surface area contributed by atoms with Crippen LogP contribution in [0.2, 0.25) is 0 Å². The minimum atomic E-state index is -5.08. The van der Waals surface area contributed by atoms with Gasteiger partial charge in [-0.15, -0.1) is 0 Å². The van der Waals surface area contributed by atoms with E-state index < -0.39 is 12.1 Å². The minimum Gasteiger partial charge on any atom is -0.475 e. The van der Waals surface area contributed by atoms with Gasteiger partial charge in [0.05, 0.1) is 18.2 Å². The van der Waals surface area contributed by atoms with E-state index in [1.165, 1.54) is 0 Å². The van der Waals surface area contributed by atoms with Gasteiger partial charge in [0.25, 0.3) is 0 Å². The van der Waals surface area contributed by atoms with E-state index in [1.807, 2.05) is 6.07 Å². The van der Waals surface area contributed by atoms with Gasteiger partial charge in [0.2, 0.25) is 0 Å². The Balaban J connectivity index is 0.000000298. The molecule has 0 fully saturated rings. The summed E-state index contributed by atoms with van der Waals surface area (Å²) in [4.78, 5) is 13.4. The first-order chi connectivity index (χ1) is 13.6. The molecule has 3 heterocycles. The molecule has 4 N–H and O–H groups in total. The number of hydrogen-bond acceptors (Lipinski definition) is 6. The maximum absolute atomic E-state index is 10.6. The summed E-state index contributed by atoms with van der Waals surface area (Å²) in [7, 11) is 0. The molecule has 0 bridgehead atoms. The number of carboxylic acids is 1. The highest BCUT2D eigenvalue weighted by Crippen LogP contribution is 2.45. The Morgan fingerprint density at radius 1 is 1.48 bits per heavy atom. The first-order valence-electron chi connectivity index (χ1n) is 8.25. The molecule has 0 aliphatic heterocycles. The molecular weight excluding hydrogens is 391 g/mol. The number of nitrogens with zero attached hydrogens (tertiary/aromatic N) is 3. The average molecular weight is 405 g/mol. The van der Waals surface area contributed by atoms with Crippen LogP contribution in [0.4, 0.5) is 19.0 Å². The molecule has 29 heavy (non-hydrogen) atoms. The van der Waals surface area contributed by atoms with Gasteiger partial charge in [-0.05, 0) is 30.0 Å². The number of rotatable bonds is 1. The van der Waals surface area contributed by atoms with Gasteiger partial charge in [0.15, 0.2) is 0 Å². The zero-order valence-corrected chi connectivity index (χ0v) is 14.9. The van der Waals surface area contributed by atoms with Crippen molar-refractivity contribution in [1.29, 1.82) is 5.26 Å². The minimum absolute atomic E-state index is 0.184. The molecule has 0 radical (unpaired) electrons. The zero-order valence-electron chi connectivity index (χ0n) is 14.9. The molecule has 11 heteroatoms. The summed E-state index contributed by atoms with van der Waals surface area (Å²) in [5.41, 5.74) is 10.9. The Morgan fingerprint density at radius 3 is 2.72 bits per heavy atom. The lowest BCUT2D eigenvalue weighted by atomic mass is 9.81. The molecule has 4 rings (SSSR count). The number of H-pyrrole nitrogens is 1. The van der Waals surface area contributed by atoms with Crippen LogP contribution >= 0.6 is 0 Å². The maximum Gasteiger partial charge on any atom is 0.490 e. The van der Waals surface area contributed by atoms with Crippen LogP contribution in [0.5, 0.6) is 0 Å². The van der Waals surface area contributed by atoms with E-state index in [1.54, 1.807) is 18.5 Å². The molecule has 8 nitrogen and oxygen atoms in total. The SMILES string of the molecule is CC1Cc2[nH]ncc2-c2nc(N)c(C#N)c(-c3ccco3)c21.O=C(O)C(F)(F)F. The van der Waals surface area contributed by atoms with E-state index in [2.05, 4.69) is 28.2 Å². The van der Waals surface area contributed by atoms with Crippen LogP contribution in [0.25, 0.3) is 22.6 Å². The Kier molecular flexibility index (Phi) is 5.02. The average Bonchev–Trinajstić information content (AvgIpc) is 3.32. The van der Waals surface area contributed by atoms with Crippen molar-refractivity contribution in [1.82, 2.24) is 15.2 Å². The molecule has 3 aromatic rings. The van der Waals surface area contributed by atoms with Crippen molar-refractivity contribution in [3.8, 4) is 28.7 Å². The predicted molar refractivity (Wildman–Crippen MR) is 94.5 cm³/mol. The van der Waals surface area contributed by atoms with E-state index in [-0.39, 0.29) is 11.7 Å². The number of nitrogens with one attached hydrogen (secondary N) is 1. The number of nitrogen functional groups attached to an aromatic ring is 1. The van der Waals surface area contributed by atoms with Gasteiger partial charge in [-0.2, -0.15) is 23.5 Å². The molecule has 0 aromatic carbocycles. The summed E-state index contributed by atoms with van der Waals surface area (Å²) in [6, 6.07) is 5.81. The smallest absolute Gasteiger partial charge is 0.475 e. The third kappa shape index (κ3) is 3.64. The Hall–Kier alpha value is -3.81. The van der Waals surface area contributed by atoms with Crippen LogP contribution in [-0.4, -0.2) is 32.4 Å². The highest BCUT2D eigenvalue weighted by molar-refractivity contribution is 5.84. The number of aromatic nitrogens is 3. The Bertz CT molecular complexity index is 1100. The molecule has 0 saturated carbocycles. The van der Waals surface area contributed by atoms with E-state index in [0.717, 1.165) is 34.5 Å². The molecule has 3 aromatic heterocycles. The number of aliphatic carboxylic acids is 1. The third-order valence-corrected chi connectivity index (χ3v) is 4.36. The first kappa shape index (κ1) is 19.9. The number of carbonyl (C=O) groups is 1. The monoisotopic (exact) mass is 405 g/mol. The number of halogens is 3. The number of furan rings is 1. The van der Waals surface area contributed by atoms with Gasteiger partial charge in [-0.3, -0.25) is 5.10 Å². The van der Waals surface area contributed by atoms with E-state index >= 15 is 0 Å². The van der Waals surface area contributed by atoms with Gasteiger partial charge in [-0.1, -0.05) is 6.92 Å². The molecule has 1 unspecified atom stereocenters. The van der Waals surface area contributed by atoms with Crippen LogP contribution in [0.15, 0.2) is 29.0 Å². The number of nitrogens with two attached hydrogens (primary N) is 1. The van der Waals surface area contributed by atoms with E-state index in [0.29, 0.717) is 11.3 Å². The second kappa shape index (κ2) is 7.31. The number of hydrogen-bond donors (Lipinski definition) is 3. The standard InChI is InChI=1S/C16H13N5O.C2HF3O2/c1-8-5-11-10(7-19-21-11)15-13(8)14(12-3-2-4-22-12)9(6-17)16(18)20-15;3-2(4,5)1(6)7/h2-4,7-8H,5H2,1H3,(H2,18,20)(H,19,21);(H,6,7). The van der Waals surface area contributed by atoms with Crippen LogP contribution < -0.4 is 5.73 Å². The van der Waals surface area contributed by atoms with Gasteiger partial charge in [0, 0.05) is 16.8 Å². The highest BCUT2D eigenvalue weighted by Gasteiger charge is 2.38. The summed E-state index contributed by atoms with van der Waals surface area (Å²) in [6.07, 6.45) is -0.923. The Labute approximate surface area is 161 Å². The maximum atomic E-state index is 10.6. The van der Waals surface area contributed by atoms with Crippen LogP contribution in [0.3, 0.4) is 0 Å². The fourth-order valence-electron chi connectivity index (χ4n) is 3.17. The fourth-order valence-corrected chi connectivity index (χ4v) is 3.17. The van der Waals surface area contributed by atoms with Crippen molar-refractivity contribution in [3.63, 3.8) is 0 Å². The lowest BCUT2D eigenvalue weighted by Gasteiger charge is -2.25. The predicted octanol–water partition coefficient (Wildman–Crippen LogP) is 3.48. The van der Waals surface area contributed by atoms with E-state index in [9.17, 15) is 18.4 Å². The lowest BCUT2D eigenvalue weighted by Crippen LogP contribution is -2.21. The van der Waals surface area contributed by atoms with Crippen molar-refractivity contribution in [2.45, 2.75) is 25.4 Å². The summed E-state index contributed by atoms with van der Waals surface area (Å²) in [5.74, 6) is -1.72. The van der Waals surface area contributed by atoms with Crippen LogP contribution in [-0.2, 0) is 11.2 Å². The molecule has 1 atom stereocenters. The summed E-state index contributed by atoms with van der Waals surface area (Å²) in [6.45, 7) is 2.11. The van der Waals surface area contributed by atoms with Crippen molar-refractivity contribution in [3.05, 3.63) is 41.4 Å². The number of aromatic amines is 1. The van der Waals surface area contributed by atoms with Crippen molar-refractivity contribution >= 4 is 11.8 Å².